The largest absolute Gasteiger partial charge is 0.0533 e. The van der Waals surface area contributed by atoms with E-state index in [0.717, 1.165) is 130 Å². The SMILES string of the molecule is C1CCC(C2CCC(C3C4CCCCC4C4CCCCC4C3C3CCCC(C4CCCC(C5C6CCCCC6C6CCCCC6C5C5CCC(C6CCCCC6)CC5)C4)C3)CC2)CC1. The normalized spacial score (nSPS) is 51.2. The van der Waals surface area contributed by atoms with Crippen LogP contribution in [0.15, 0.2) is 0 Å². The molecule has 0 amide bonds. The van der Waals surface area contributed by atoms with Gasteiger partial charge in [-0.1, -0.05) is 154 Å². The average Bonchev–Trinajstić information content (AvgIpc) is 3.38. The first-order valence-corrected chi connectivity index (χ1v) is 31.8. The Bertz CT molecular complexity index is 1320. The molecule has 12 aliphatic rings. The third-order valence-corrected chi connectivity index (χ3v) is 26.1. The first-order chi connectivity index (χ1) is 31.8. The first kappa shape index (κ1) is 45.2. The molecular weight excluding hydrogens is 769 g/mol. The van der Waals surface area contributed by atoms with Gasteiger partial charge in [-0.25, -0.2) is 0 Å². The van der Waals surface area contributed by atoms with Gasteiger partial charge in [0.1, 0.15) is 0 Å². The van der Waals surface area contributed by atoms with E-state index in [1.807, 2.05) is 0 Å². The van der Waals surface area contributed by atoms with Gasteiger partial charge in [-0.2, -0.15) is 0 Å². The van der Waals surface area contributed by atoms with Crippen molar-refractivity contribution in [2.45, 2.75) is 270 Å². The molecule has 12 fully saturated rings. The van der Waals surface area contributed by atoms with E-state index in [0.29, 0.717) is 0 Å². The van der Waals surface area contributed by atoms with Crippen molar-refractivity contribution in [2.24, 2.45) is 130 Å². The molecule has 0 aliphatic heterocycles. The Morgan fingerprint density at radius 3 is 0.672 bits per heavy atom. The Balaban J connectivity index is 0.787. The van der Waals surface area contributed by atoms with Crippen LogP contribution in [0.25, 0.3) is 0 Å². The van der Waals surface area contributed by atoms with Gasteiger partial charge in [0.15, 0.2) is 0 Å². The zero-order valence-corrected chi connectivity index (χ0v) is 42.4. The van der Waals surface area contributed by atoms with Crippen LogP contribution in [0.4, 0.5) is 0 Å². The summed E-state index contributed by atoms with van der Waals surface area (Å²) >= 11 is 0. The Morgan fingerprint density at radius 1 is 0.125 bits per heavy atom. The molecule has 0 heteroatoms. The van der Waals surface area contributed by atoms with Gasteiger partial charge >= 0.3 is 0 Å². The van der Waals surface area contributed by atoms with E-state index in [4.69, 9.17) is 0 Å². The van der Waals surface area contributed by atoms with Crippen LogP contribution in [0.5, 0.6) is 0 Å². The summed E-state index contributed by atoms with van der Waals surface area (Å²) in [6.07, 6.45) is 67.8. The van der Waals surface area contributed by atoms with E-state index in [-0.39, 0.29) is 0 Å². The van der Waals surface area contributed by atoms with Crippen molar-refractivity contribution in [3.63, 3.8) is 0 Å². The highest BCUT2D eigenvalue weighted by Gasteiger charge is 2.58. The molecule has 0 aromatic heterocycles. The molecule has 0 spiro atoms. The fourth-order valence-electron chi connectivity index (χ4n) is 23.9. The van der Waals surface area contributed by atoms with Crippen molar-refractivity contribution >= 4 is 0 Å². The van der Waals surface area contributed by atoms with Gasteiger partial charge in [0.25, 0.3) is 0 Å². The molecule has 0 bridgehead atoms. The van der Waals surface area contributed by atoms with E-state index in [1.54, 1.807) is 257 Å². The Hall–Kier alpha value is 0. The number of fused-ring (bicyclic) bond motifs is 6. The summed E-state index contributed by atoms with van der Waals surface area (Å²) in [6.45, 7) is 0. The molecule has 16 unspecified atom stereocenters. The van der Waals surface area contributed by atoms with Gasteiger partial charge in [0.05, 0.1) is 0 Å². The van der Waals surface area contributed by atoms with Crippen LogP contribution in [0.1, 0.15) is 270 Å². The Labute approximate surface area is 398 Å². The summed E-state index contributed by atoms with van der Waals surface area (Å²) in [5, 5.41) is 0. The fraction of sp³-hybridized carbons (Fsp3) is 1.00. The lowest BCUT2D eigenvalue weighted by molar-refractivity contribution is -0.125. The molecule has 0 saturated heterocycles. The maximum absolute atomic E-state index is 1.70. The molecule has 0 N–H and O–H groups in total. The fourth-order valence-corrected chi connectivity index (χ4v) is 23.9. The zero-order valence-electron chi connectivity index (χ0n) is 42.4. The summed E-state index contributed by atoms with van der Waals surface area (Å²) in [5.41, 5.74) is 0. The van der Waals surface area contributed by atoms with Crippen LogP contribution in [0.3, 0.4) is 0 Å². The van der Waals surface area contributed by atoms with E-state index >= 15 is 0 Å². The minimum atomic E-state index is 1.09. The second kappa shape index (κ2) is 20.8. The lowest BCUT2D eigenvalue weighted by Gasteiger charge is -2.61. The van der Waals surface area contributed by atoms with E-state index < -0.39 is 0 Å². The maximum Gasteiger partial charge on any atom is -0.0321 e. The number of hydrogen-bond acceptors (Lipinski definition) is 0. The van der Waals surface area contributed by atoms with Crippen molar-refractivity contribution in [2.75, 3.05) is 0 Å². The molecule has 0 aromatic rings. The summed E-state index contributed by atoms with van der Waals surface area (Å²) in [7, 11) is 0. The van der Waals surface area contributed by atoms with E-state index in [9.17, 15) is 0 Å². The van der Waals surface area contributed by atoms with Gasteiger partial charge < -0.3 is 0 Å². The molecule has 0 radical (unpaired) electrons. The average molecular weight is 876 g/mol. The molecular formula is C64H106. The van der Waals surface area contributed by atoms with Gasteiger partial charge in [0.2, 0.25) is 0 Å². The van der Waals surface area contributed by atoms with Crippen molar-refractivity contribution < 1.29 is 0 Å². The summed E-state index contributed by atoms with van der Waals surface area (Å²) in [4.78, 5) is 0. The van der Waals surface area contributed by atoms with Gasteiger partial charge in [-0.15, -0.1) is 0 Å². The van der Waals surface area contributed by atoms with E-state index in [2.05, 4.69) is 0 Å². The molecule has 12 saturated carbocycles. The summed E-state index contributed by atoms with van der Waals surface area (Å²) in [5.74, 6) is 24.6. The Morgan fingerprint density at radius 2 is 0.344 bits per heavy atom. The van der Waals surface area contributed by atoms with Crippen molar-refractivity contribution in [3.8, 4) is 0 Å². The van der Waals surface area contributed by atoms with Crippen LogP contribution >= 0.6 is 0 Å². The van der Waals surface area contributed by atoms with Crippen LogP contribution in [-0.2, 0) is 0 Å². The maximum atomic E-state index is 1.70. The van der Waals surface area contributed by atoms with Crippen molar-refractivity contribution in [3.05, 3.63) is 0 Å². The smallest absolute Gasteiger partial charge is 0.0321 e. The van der Waals surface area contributed by atoms with Crippen LogP contribution < -0.4 is 0 Å². The van der Waals surface area contributed by atoms with Gasteiger partial charge in [-0.05, 0) is 246 Å². The molecule has 0 aromatic carbocycles. The molecule has 16 atom stereocenters. The lowest BCUT2D eigenvalue weighted by atomic mass is 9.44. The van der Waals surface area contributed by atoms with Crippen LogP contribution in [0, 0.1) is 130 Å². The quantitative estimate of drug-likeness (QED) is 0.239. The molecule has 0 heterocycles. The lowest BCUT2D eigenvalue weighted by Crippen LogP contribution is -2.54. The predicted octanol–water partition coefficient (Wildman–Crippen LogP) is 19.1. The van der Waals surface area contributed by atoms with Gasteiger partial charge in [0, 0.05) is 0 Å². The topological polar surface area (TPSA) is 0 Å². The molecule has 362 valence electrons. The van der Waals surface area contributed by atoms with Crippen molar-refractivity contribution in [1.82, 2.24) is 0 Å². The van der Waals surface area contributed by atoms with Crippen LogP contribution in [-0.4, -0.2) is 0 Å². The highest BCUT2D eigenvalue weighted by molar-refractivity contribution is 5.07. The molecule has 0 nitrogen and oxygen atoms in total. The molecule has 12 aliphatic carbocycles. The highest BCUT2D eigenvalue weighted by atomic mass is 14.6. The number of hydrogen-bond donors (Lipinski definition) is 0. The second-order valence-electron chi connectivity index (χ2n) is 28.3. The molecule has 12 rings (SSSR count). The first-order valence-electron chi connectivity index (χ1n) is 31.8. The van der Waals surface area contributed by atoms with Gasteiger partial charge in [-0.3, -0.25) is 0 Å². The van der Waals surface area contributed by atoms with E-state index in [1.165, 1.54) is 12.8 Å². The highest BCUT2D eigenvalue weighted by Crippen LogP contribution is 2.66. The van der Waals surface area contributed by atoms with Crippen LogP contribution in [0.2, 0.25) is 0 Å². The zero-order chi connectivity index (χ0) is 42.4. The third-order valence-electron chi connectivity index (χ3n) is 26.1. The summed E-state index contributed by atoms with van der Waals surface area (Å²) in [6, 6.07) is 0. The third kappa shape index (κ3) is 9.01. The number of rotatable bonds is 7. The van der Waals surface area contributed by atoms with Crippen molar-refractivity contribution in [1.29, 1.82) is 0 Å². The second-order valence-corrected chi connectivity index (χ2v) is 28.3. The Kier molecular flexibility index (Phi) is 14.6. The minimum Gasteiger partial charge on any atom is -0.0533 e. The molecule has 64 heavy (non-hydrogen) atoms. The summed E-state index contributed by atoms with van der Waals surface area (Å²) < 4.78 is 0. The monoisotopic (exact) mass is 875 g/mol. The minimum absolute atomic E-state index is 1.09. The standard InChI is InChI=1S/C64H106/c1-3-17-43(18-4-1)45-33-37-47(38-34-45)61-57-29-11-7-25-53(57)55-27-9-13-31-59(55)63(61)51-23-15-21-49(41-51)50-22-16-24-52(42-50)64-60-32-14-10-28-56(60)54-26-8-12-30-58(54)62(64)48-39-35-46(36-40-48)44-19-5-2-6-20-44/h43-64H,1-42H2. The predicted molar refractivity (Wildman–Crippen MR) is 271 cm³/mol.